The lowest BCUT2D eigenvalue weighted by atomic mass is 10.1. The quantitative estimate of drug-likeness (QED) is 0.788. The molecule has 5 nitrogen and oxygen atoms in total. The van der Waals surface area contributed by atoms with Crippen LogP contribution in [0.3, 0.4) is 0 Å². The minimum absolute atomic E-state index is 0.135. The average molecular weight is 249 g/mol. The molecule has 0 radical (unpaired) electrons. The molecule has 2 unspecified atom stereocenters. The summed E-state index contributed by atoms with van der Waals surface area (Å²) in [4.78, 5) is 24.8. The van der Waals surface area contributed by atoms with Crippen molar-refractivity contribution in [2.75, 3.05) is 18.6 Å². The molecule has 1 aromatic rings. The Kier molecular flexibility index (Phi) is 3.34. The van der Waals surface area contributed by atoms with Crippen molar-refractivity contribution in [2.45, 2.75) is 13.0 Å². The first kappa shape index (κ1) is 12.6. The lowest BCUT2D eigenvalue weighted by molar-refractivity contribution is -0.121. The highest BCUT2D eigenvalue weighted by atomic mass is 16.5. The Hall–Kier alpha value is -1.88. The first-order valence-corrected chi connectivity index (χ1v) is 5.72. The first-order chi connectivity index (χ1) is 8.54. The molecule has 2 rings (SSSR count). The average Bonchev–Trinajstić information content (AvgIpc) is 2.66. The molecule has 1 heterocycles. The smallest absolute Gasteiger partial charge is 0.337 e. The maximum absolute atomic E-state index is 11.9. The zero-order chi connectivity index (χ0) is 13.3. The molecule has 1 aliphatic heterocycles. The summed E-state index contributed by atoms with van der Waals surface area (Å²) in [5, 5.41) is 9.67. The molecule has 1 aromatic carbocycles. The molecule has 18 heavy (non-hydrogen) atoms. The maximum Gasteiger partial charge on any atom is 0.337 e. The third kappa shape index (κ3) is 2.09. The van der Waals surface area contributed by atoms with E-state index in [4.69, 9.17) is 0 Å². The molecule has 0 bridgehead atoms. The molecule has 0 saturated carbocycles. The zero-order valence-corrected chi connectivity index (χ0v) is 10.3. The molecular formula is C13H15NO4. The number of anilines is 1. The van der Waals surface area contributed by atoms with Crippen LogP contribution in [0.4, 0.5) is 5.69 Å². The standard InChI is InChI=1S/C13H15NO4/c1-8-11(15)7-14(12(8)16)10-5-3-4-9(6-10)13(17)18-2/h3-6,8,11,15H,7H2,1-2H3. The highest BCUT2D eigenvalue weighted by Gasteiger charge is 2.36. The van der Waals surface area contributed by atoms with Gasteiger partial charge in [0.2, 0.25) is 5.91 Å². The van der Waals surface area contributed by atoms with Gasteiger partial charge in [0.15, 0.2) is 0 Å². The summed E-state index contributed by atoms with van der Waals surface area (Å²) in [5.74, 6) is -0.992. The maximum atomic E-state index is 11.9. The number of hydrogen-bond donors (Lipinski definition) is 1. The molecule has 1 fully saturated rings. The normalized spacial score (nSPS) is 23.3. The van der Waals surface area contributed by atoms with E-state index in [0.29, 0.717) is 11.3 Å². The largest absolute Gasteiger partial charge is 0.465 e. The van der Waals surface area contributed by atoms with Gasteiger partial charge in [-0.25, -0.2) is 4.79 Å². The Balaban J connectivity index is 2.30. The number of β-amino-alcohol motifs (C(OH)–C–C–N with tert-alkyl or cyclic N) is 1. The van der Waals surface area contributed by atoms with Crippen LogP contribution in [0.1, 0.15) is 17.3 Å². The number of methoxy groups -OCH3 is 1. The van der Waals surface area contributed by atoms with Crippen molar-refractivity contribution in [3.63, 3.8) is 0 Å². The van der Waals surface area contributed by atoms with Crippen molar-refractivity contribution in [3.05, 3.63) is 29.8 Å². The van der Waals surface area contributed by atoms with E-state index in [1.165, 1.54) is 12.0 Å². The summed E-state index contributed by atoms with van der Waals surface area (Å²) in [7, 11) is 1.31. The number of esters is 1. The summed E-state index contributed by atoms with van der Waals surface area (Å²) in [5.41, 5.74) is 0.989. The van der Waals surface area contributed by atoms with Crippen LogP contribution in [0.25, 0.3) is 0 Å². The molecule has 5 heteroatoms. The Morgan fingerprint density at radius 1 is 1.50 bits per heavy atom. The Morgan fingerprint density at radius 3 is 2.78 bits per heavy atom. The number of ether oxygens (including phenoxy) is 1. The number of aliphatic hydroxyl groups excluding tert-OH is 1. The van der Waals surface area contributed by atoms with Gasteiger partial charge < -0.3 is 14.7 Å². The van der Waals surface area contributed by atoms with Crippen LogP contribution < -0.4 is 4.90 Å². The SMILES string of the molecule is COC(=O)c1cccc(N2CC(O)C(C)C2=O)c1. The van der Waals surface area contributed by atoms with Gasteiger partial charge in [-0.05, 0) is 18.2 Å². The predicted molar refractivity (Wildman–Crippen MR) is 65.3 cm³/mol. The fourth-order valence-corrected chi connectivity index (χ4v) is 2.00. The molecule has 1 saturated heterocycles. The molecule has 1 aliphatic rings. The fourth-order valence-electron chi connectivity index (χ4n) is 2.00. The van der Waals surface area contributed by atoms with Crippen molar-refractivity contribution >= 4 is 17.6 Å². The molecule has 0 aliphatic carbocycles. The monoisotopic (exact) mass is 249 g/mol. The molecule has 0 aromatic heterocycles. The van der Waals surface area contributed by atoms with Crippen LogP contribution in [-0.4, -0.2) is 36.7 Å². The Bertz CT molecular complexity index is 486. The lowest BCUT2D eigenvalue weighted by Gasteiger charge is -2.16. The number of rotatable bonds is 2. The number of carbonyl (C=O) groups excluding carboxylic acids is 2. The second kappa shape index (κ2) is 4.78. The Morgan fingerprint density at radius 2 is 2.22 bits per heavy atom. The Labute approximate surface area is 105 Å². The second-order valence-electron chi connectivity index (χ2n) is 4.35. The minimum atomic E-state index is -0.667. The molecule has 1 N–H and O–H groups in total. The van der Waals surface area contributed by atoms with Gasteiger partial charge in [0.1, 0.15) is 0 Å². The summed E-state index contributed by atoms with van der Waals surface area (Å²) >= 11 is 0. The van der Waals surface area contributed by atoms with Gasteiger partial charge in [0.05, 0.1) is 31.2 Å². The molecule has 0 spiro atoms. The first-order valence-electron chi connectivity index (χ1n) is 5.72. The van der Waals surface area contributed by atoms with Gasteiger partial charge >= 0.3 is 5.97 Å². The summed E-state index contributed by atoms with van der Waals surface area (Å²) in [6, 6.07) is 6.63. The van der Waals surface area contributed by atoms with Gasteiger partial charge in [-0.1, -0.05) is 13.0 Å². The van der Waals surface area contributed by atoms with Crippen LogP contribution >= 0.6 is 0 Å². The van der Waals surface area contributed by atoms with E-state index in [9.17, 15) is 14.7 Å². The molecule has 96 valence electrons. The summed E-state index contributed by atoms with van der Waals surface area (Å²) < 4.78 is 4.63. The van der Waals surface area contributed by atoms with Gasteiger partial charge in [-0.2, -0.15) is 0 Å². The number of benzene rings is 1. The van der Waals surface area contributed by atoms with Gasteiger partial charge in [0, 0.05) is 5.69 Å². The predicted octanol–water partition coefficient (Wildman–Crippen LogP) is 0.817. The van der Waals surface area contributed by atoms with Crippen molar-refractivity contribution in [1.82, 2.24) is 0 Å². The van der Waals surface area contributed by atoms with Crippen LogP contribution in [0.5, 0.6) is 0 Å². The van der Waals surface area contributed by atoms with Gasteiger partial charge in [-0.3, -0.25) is 4.79 Å². The topological polar surface area (TPSA) is 66.8 Å². The van der Waals surface area contributed by atoms with E-state index < -0.39 is 18.0 Å². The van der Waals surface area contributed by atoms with Gasteiger partial charge in [0.25, 0.3) is 0 Å². The van der Waals surface area contributed by atoms with Crippen LogP contribution in [0.2, 0.25) is 0 Å². The van der Waals surface area contributed by atoms with E-state index in [2.05, 4.69) is 4.74 Å². The number of nitrogens with zero attached hydrogens (tertiary/aromatic N) is 1. The molecule has 1 amide bonds. The number of aliphatic hydroxyl groups is 1. The van der Waals surface area contributed by atoms with Crippen molar-refractivity contribution in [2.24, 2.45) is 5.92 Å². The third-order valence-corrected chi connectivity index (χ3v) is 3.18. The van der Waals surface area contributed by atoms with Gasteiger partial charge in [-0.15, -0.1) is 0 Å². The van der Waals surface area contributed by atoms with Crippen molar-refractivity contribution in [3.8, 4) is 0 Å². The lowest BCUT2D eigenvalue weighted by Crippen LogP contribution is -2.26. The number of carbonyl (C=O) groups is 2. The van der Waals surface area contributed by atoms with Crippen LogP contribution in [-0.2, 0) is 9.53 Å². The highest BCUT2D eigenvalue weighted by molar-refractivity contribution is 5.99. The third-order valence-electron chi connectivity index (χ3n) is 3.18. The van der Waals surface area contributed by atoms with Crippen molar-refractivity contribution < 1.29 is 19.4 Å². The summed E-state index contributed by atoms with van der Waals surface area (Å²) in [6.45, 7) is 1.95. The minimum Gasteiger partial charge on any atom is -0.465 e. The summed E-state index contributed by atoms with van der Waals surface area (Å²) in [6.07, 6.45) is -0.667. The van der Waals surface area contributed by atoms with E-state index in [0.717, 1.165) is 0 Å². The van der Waals surface area contributed by atoms with E-state index >= 15 is 0 Å². The van der Waals surface area contributed by atoms with E-state index in [1.54, 1.807) is 31.2 Å². The number of hydrogen-bond acceptors (Lipinski definition) is 4. The highest BCUT2D eigenvalue weighted by Crippen LogP contribution is 2.26. The molecular weight excluding hydrogens is 234 g/mol. The second-order valence-corrected chi connectivity index (χ2v) is 4.35. The zero-order valence-electron chi connectivity index (χ0n) is 10.3. The van der Waals surface area contributed by atoms with Crippen LogP contribution in [0.15, 0.2) is 24.3 Å². The number of amides is 1. The molecule has 2 atom stereocenters. The van der Waals surface area contributed by atoms with E-state index in [1.807, 2.05) is 0 Å². The van der Waals surface area contributed by atoms with Crippen molar-refractivity contribution in [1.29, 1.82) is 0 Å². The van der Waals surface area contributed by atoms with E-state index in [-0.39, 0.29) is 12.5 Å². The fraction of sp³-hybridized carbons (Fsp3) is 0.385. The van der Waals surface area contributed by atoms with Crippen LogP contribution in [0, 0.1) is 5.92 Å².